The standard InChI is InChI=1S/C15H19N3OS.ClH/c1-15(2,3)11-6-4-10(5-7-11)12-9-20-14(17-12)18-13(19)8-16;/h4-7,9H,8,16H2,1-3H3,(H,17,18,19);1H. The van der Waals surface area contributed by atoms with Gasteiger partial charge in [-0.1, -0.05) is 45.0 Å². The molecular formula is C15H20ClN3OS. The molecule has 6 heteroatoms. The molecule has 1 aromatic carbocycles. The van der Waals surface area contributed by atoms with Gasteiger partial charge in [0, 0.05) is 10.9 Å². The number of nitrogens with two attached hydrogens (primary N) is 1. The number of halogens is 1. The number of amides is 1. The SMILES string of the molecule is CC(C)(C)c1ccc(-c2csc(NC(=O)CN)n2)cc1.Cl. The topological polar surface area (TPSA) is 68.0 Å². The minimum absolute atomic E-state index is 0. The predicted octanol–water partition coefficient (Wildman–Crippen LogP) is 3.43. The van der Waals surface area contributed by atoms with Crippen molar-refractivity contribution in [3.63, 3.8) is 0 Å². The molecule has 0 bridgehead atoms. The van der Waals surface area contributed by atoms with E-state index in [0.29, 0.717) is 5.13 Å². The third-order valence-electron chi connectivity index (χ3n) is 2.98. The van der Waals surface area contributed by atoms with Gasteiger partial charge >= 0.3 is 0 Å². The van der Waals surface area contributed by atoms with Crippen LogP contribution in [0.2, 0.25) is 0 Å². The van der Waals surface area contributed by atoms with Gasteiger partial charge in [0.2, 0.25) is 5.91 Å². The van der Waals surface area contributed by atoms with Crippen molar-refractivity contribution in [3.8, 4) is 11.3 Å². The Kier molecular flexibility index (Phi) is 5.89. The third kappa shape index (κ3) is 4.52. The summed E-state index contributed by atoms with van der Waals surface area (Å²) in [4.78, 5) is 15.6. The van der Waals surface area contributed by atoms with E-state index < -0.39 is 0 Å². The van der Waals surface area contributed by atoms with Crippen molar-refractivity contribution in [1.29, 1.82) is 0 Å². The zero-order valence-electron chi connectivity index (χ0n) is 12.3. The summed E-state index contributed by atoms with van der Waals surface area (Å²) in [6.07, 6.45) is 0. The second-order valence-corrected chi connectivity index (χ2v) is 6.48. The molecule has 4 nitrogen and oxygen atoms in total. The van der Waals surface area contributed by atoms with Crippen molar-refractivity contribution in [2.45, 2.75) is 26.2 Å². The van der Waals surface area contributed by atoms with E-state index in [4.69, 9.17) is 5.73 Å². The van der Waals surface area contributed by atoms with Gasteiger partial charge in [0.15, 0.2) is 5.13 Å². The maximum atomic E-state index is 11.2. The fourth-order valence-corrected chi connectivity index (χ4v) is 2.51. The second kappa shape index (κ2) is 7.02. The summed E-state index contributed by atoms with van der Waals surface area (Å²) in [7, 11) is 0. The number of benzene rings is 1. The number of thiazole rings is 1. The van der Waals surface area contributed by atoms with Crippen LogP contribution in [0.15, 0.2) is 29.6 Å². The van der Waals surface area contributed by atoms with Crippen LogP contribution < -0.4 is 11.1 Å². The molecule has 1 heterocycles. The number of hydrogen-bond acceptors (Lipinski definition) is 4. The molecule has 1 amide bonds. The molecule has 0 radical (unpaired) electrons. The van der Waals surface area contributed by atoms with Gasteiger partial charge < -0.3 is 11.1 Å². The Labute approximate surface area is 135 Å². The van der Waals surface area contributed by atoms with Crippen LogP contribution in [0.3, 0.4) is 0 Å². The lowest BCUT2D eigenvalue weighted by molar-refractivity contribution is -0.114. The molecule has 0 aliphatic rings. The first-order chi connectivity index (χ1) is 9.40. The van der Waals surface area contributed by atoms with Gasteiger partial charge in [-0.2, -0.15) is 0 Å². The third-order valence-corrected chi connectivity index (χ3v) is 3.74. The number of rotatable bonds is 3. The molecular weight excluding hydrogens is 306 g/mol. The Hall–Kier alpha value is -1.43. The molecule has 0 aliphatic carbocycles. The van der Waals surface area contributed by atoms with Crippen LogP contribution in [0.1, 0.15) is 26.3 Å². The van der Waals surface area contributed by atoms with E-state index >= 15 is 0 Å². The van der Waals surface area contributed by atoms with E-state index in [-0.39, 0.29) is 30.3 Å². The van der Waals surface area contributed by atoms with Gasteiger partial charge in [-0.3, -0.25) is 4.79 Å². The van der Waals surface area contributed by atoms with E-state index in [1.807, 2.05) is 5.38 Å². The Morgan fingerprint density at radius 3 is 2.43 bits per heavy atom. The largest absolute Gasteiger partial charge is 0.322 e. The molecule has 0 saturated heterocycles. The van der Waals surface area contributed by atoms with Gasteiger partial charge in [0.05, 0.1) is 12.2 Å². The molecule has 0 fully saturated rings. The van der Waals surface area contributed by atoms with Crippen molar-refractivity contribution >= 4 is 34.8 Å². The smallest absolute Gasteiger partial charge is 0.239 e. The van der Waals surface area contributed by atoms with Crippen LogP contribution in [0.4, 0.5) is 5.13 Å². The van der Waals surface area contributed by atoms with Crippen LogP contribution in [0.5, 0.6) is 0 Å². The fourth-order valence-electron chi connectivity index (χ4n) is 1.78. The zero-order valence-corrected chi connectivity index (χ0v) is 14.0. The molecule has 114 valence electrons. The van der Waals surface area contributed by atoms with Crippen LogP contribution in [-0.4, -0.2) is 17.4 Å². The molecule has 21 heavy (non-hydrogen) atoms. The van der Waals surface area contributed by atoms with Crippen LogP contribution in [-0.2, 0) is 10.2 Å². The van der Waals surface area contributed by atoms with E-state index in [1.54, 1.807) is 0 Å². The van der Waals surface area contributed by atoms with Gasteiger partial charge in [-0.25, -0.2) is 4.98 Å². The second-order valence-electron chi connectivity index (χ2n) is 5.62. The minimum Gasteiger partial charge on any atom is -0.322 e. The lowest BCUT2D eigenvalue weighted by Crippen LogP contribution is -2.21. The van der Waals surface area contributed by atoms with Gasteiger partial charge in [-0.15, -0.1) is 23.7 Å². The van der Waals surface area contributed by atoms with Gasteiger partial charge in [0.25, 0.3) is 0 Å². The quantitative estimate of drug-likeness (QED) is 0.908. The maximum Gasteiger partial charge on any atom is 0.239 e. The average Bonchev–Trinajstić information content (AvgIpc) is 2.86. The van der Waals surface area contributed by atoms with Crippen LogP contribution in [0, 0.1) is 0 Å². The molecule has 0 atom stereocenters. The maximum absolute atomic E-state index is 11.2. The number of hydrogen-bond donors (Lipinski definition) is 2. The van der Waals surface area contributed by atoms with Crippen molar-refractivity contribution < 1.29 is 4.79 Å². The van der Waals surface area contributed by atoms with Crippen LogP contribution in [0.25, 0.3) is 11.3 Å². The molecule has 0 spiro atoms. The van der Waals surface area contributed by atoms with Crippen molar-refractivity contribution in [2.75, 3.05) is 11.9 Å². The minimum atomic E-state index is -0.228. The van der Waals surface area contributed by atoms with Gasteiger partial charge in [0.1, 0.15) is 0 Å². The van der Waals surface area contributed by atoms with E-state index in [1.165, 1.54) is 16.9 Å². The summed E-state index contributed by atoms with van der Waals surface area (Å²) >= 11 is 1.40. The van der Waals surface area contributed by atoms with E-state index in [2.05, 4.69) is 55.3 Å². The normalized spacial score (nSPS) is 10.9. The Morgan fingerprint density at radius 2 is 1.90 bits per heavy atom. The average molecular weight is 326 g/mol. The predicted molar refractivity (Wildman–Crippen MR) is 91.2 cm³/mol. The number of nitrogens with one attached hydrogen (secondary N) is 1. The summed E-state index contributed by atoms with van der Waals surface area (Å²) < 4.78 is 0. The highest BCUT2D eigenvalue weighted by Crippen LogP contribution is 2.28. The van der Waals surface area contributed by atoms with Gasteiger partial charge in [-0.05, 0) is 11.0 Å². The molecule has 0 unspecified atom stereocenters. The summed E-state index contributed by atoms with van der Waals surface area (Å²) in [6.45, 7) is 6.52. The number of nitrogens with zero attached hydrogens (tertiary/aromatic N) is 1. The highest BCUT2D eigenvalue weighted by molar-refractivity contribution is 7.14. The lowest BCUT2D eigenvalue weighted by Gasteiger charge is -2.18. The monoisotopic (exact) mass is 325 g/mol. The number of aromatic nitrogens is 1. The first-order valence-electron chi connectivity index (χ1n) is 6.46. The van der Waals surface area contributed by atoms with E-state index in [0.717, 1.165) is 11.3 Å². The summed E-state index contributed by atoms with van der Waals surface area (Å²) in [5.74, 6) is -0.228. The zero-order chi connectivity index (χ0) is 14.8. The Bertz CT molecular complexity index is 602. The highest BCUT2D eigenvalue weighted by atomic mass is 35.5. The summed E-state index contributed by atoms with van der Waals surface area (Å²) in [6, 6.07) is 8.36. The number of carbonyl (C=O) groups is 1. The van der Waals surface area contributed by atoms with Crippen LogP contribution >= 0.6 is 23.7 Å². The summed E-state index contributed by atoms with van der Waals surface area (Å²) in [5, 5.41) is 5.17. The summed E-state index contributed by atoms with van der Waals surface area (Å²) in [5.41, 5.74) is 8.59. The molecule has 2 rings (SSSR count). The Balaban J connectivity index is 0.00000220. The fraction of sp³-hybridized carbons (Fsp3) is 0.333. The number of carbonyl (C=O) groups excluding carboxylic acids is 1. The molecule has 3 N–H and O–H groups in total. The lowest BCUT2D eigenvalue weighted by atomic mass is 9.86. The molecule has 0 aliphatic heterocycles. The van der Waals surface area contributed by atoms with Crippen molar-refractivity contribution in [2.24, 2.45) is 5.73 Å². The number of anilines is 1. The first-order valence-corrected chi connectivity index (χ1v) is 7.34. The molecule has 0 saturated carbocycles. The van der Waals surface area contributed by atoms with Crippen molar-refractivity contribution in [1.82, 2.24) is 4.98 Å². The van der Waals surface area contributed by atoms with Crippen molar-refractivity contribution in [3.05, 3.63) is 35.2 Å². The Morgan fingerprint density at radius 1 is 1.29 bits per heavy atom. The molecule has 2 aromatic rings. The molecule has 1 aromatic heterocycles. The van der Waals surface area contributed by atoms with E-state index in [9.17, 15) is 4.79 Å². The first kappa shape index (κ1) is 17.6. The highest BCUT2D eigenvalue weighted by Gasteiger charge is 2.13.